The van der Waals surface area contributed by atoms with Crippen molar-refractivity contribution < 1.29 is 9.90 Å². The van der Waals surface area contributed by atoms with Gasteiger partial charge in [-0.05, 0) is 32.7 Å². The first-order chi connectivity index (χ1) is 9.94. The SMILES string of the molecule is CCCNC(C)(CCSc1n[nH]c(=O)n1CCC)C(=O)O. The van der Waals surface area contributed by atoms with Gasteiger partial charge < -0.3 is 10.4 Å². The number of thioether (sulfide) groups is 1. The van der Waals surface area contributed by atoms with Crippen LogP contribution in [-0.4, -0.2) is 43.7 Å². The van der Waals surface area contributed by atoms with Crippen molar-refractivity contribution in [3.63, 3.8) is 0 Å². The lowest BCUT2D eigenvalue weighted by atomic mass is 9.99. The van der Waals surface area contributed by atoms with Crippen LogP contribution in [0, 0.1) is 0 Å². The molecule has 120 valence electrons. The second-order valence-electron chi connectivity index (χ2n) is 5.13. The molecule has 0 aromatic carbocycles. The molecule has 7 nitrogen and oxygen atoms in total. The summed E-state index contributed by atoms with van der Waals surface area (Å²) in [7, 11) is 0. The third kappa shape index (κ3) is 4.89. The fourth-order valence-electron chi connectivity index (χ4n) is 1.85. The lowest BCUT2D eigenvalue weighted by molar-refractivity contribution is -0.144. The van der Waals surface area contributed by atoms with E-state index >= 15 is 0 Å². The Hall–Kier alpha value is -1.28. The molecule has 1 aromatic rings. The molecule has 1 rings (SSSR count). The van der Waals surface area contributed by atoms with Crippen molar-refractivity contribution in [3.05, 3.63) is 10.5 Å². The van der Waals surface area contributed by atoms with Crippen LogP contribution in [0.1, 0.15) is 40.0 Å². The molecule has 1 aromatic heterocycles. The van der Waals surface area contributed by atoms with Crippen molar-refractivity contribution in [1.29, 1.82) is 0 Å². The third-order valence-electron chi connectivity index (χ3n) is 3.24. The minimum absolute atomic E-state index is 0.218. The molecule has 0 bridgehead atoms. The van der Waals surface area contributed by atoms with Gasteiger partial charge in [0.15, 0.2) is 5.16 Å². The Morgan fingerprint density at radius 1 is 1.48 bits per heavy atom. The number of hydrogen-bond acceptors (Lipinski definition) is 5. The molecule has 0 spiro atoms. The fourth-order valence-corrected chi connectivity index (χ4v) is 2.99. The monoisotopic (exact) mass is 316 g/mol. The molecule has 0 aliphatic rings. The Morgan fingerprint density at radius 2 is 2.19 bits per heavy atom. The molecule has 0 saturated carbocycles. The number of nitrogens with zero attached hydrogens (tertiary/aromatic N) is 2. The van der Waals surface area contributed by atoms with Gasteiger partial charge in [0.1, 0.15) is 5.54 Å². The van der Waals surface area contributed by atoms with Crippen molar-refractivity contribution >= 4 is 17.7 Å². The van der Waals surface area contributed by atoms with E-state index in [0.717, 1.165) is 12.8 Å². The standard InChI is InChI=1S/C13H24N4O3S/c1-4-7-14-13(3,10(18)19)6-9-21-12-16-15-11(20)17(12)8-5-2/h14H,4-9H2,1-3H3,(H,15,20)(H,18,19). The maximum atomic E-state index is 11.6. The average Bonchev–Trinajstić information content (AvgIpc) is 2.78. The molecular weight excluding hydrogens is 292 g/mol. The van der Waals surface area contributed by atoms with E-state index < -0.39 is 11.5 Å². The summed E-state index contributed by atoms with van der Waals surface area (Å²) in [5.41, 5.74) is -1.17. The van der Waals surface area contributed by atoms with Gasteiger partial charge in [0.2, 0.25) is 0 Å². The highest BCUT2D eigenvalue weighted by molar-refractivity contribution is 7.99. The van der Waals surface area contributed by atoms with E-state index in [9.17, 15) is 14.7 Å². The number of carbonyl (C=O) groups is 1. The van der Waals surface area contributed by atoms with Gasteiger partial charge >= 0.3 is 11.7 Å². The lowest BCUT2D eigenvalue weighted by Gasteiger charge is -2.25. The first-order valence-corrected chi connectivity index (χ1v) is 8.19. The third-order valence-corrected chi connectivity index (χ3v) is 4.22. The second-order valence-corrected chi connectivity index (χ2v) is 6.19. The quantitative estimate of drug-likeness (QED) is 0.563. The minimum Gasteiger partial charge on any atom is -0.480 e. The zero-order chi connectivity index (χ0) is 15.9. The molecule has 0 radical (unpaired) electrons. The predicted molar refractivity (Wildman–Crippen MR) is 82.8 cm³/mol. The van der Waals surface area contributed by atoms with Crippen LogP contribution in [0.5, 0.6) is 0 Å². The molecule has 8 heteroatoms. The van der Waals surface area contributed by atoms with E-state index in [4.69, 9.17) is 0 Å². The molecule has 0 aliphatic carbocycles. The number of carboxylic acid groups (broad SMARTS) is 1. The first kappa shape index (κ1) is 17.8. The Balaban J connectivity index is 2.62. The zero-order valence-corrected chi connectivity index (χ0v) is 13.6. The van der Waals surface area contributed by atoms with Crippen molar-refractivity contribution in [2.75, 3.05) is 12.3 Å². The van der Waals surface area contributed by atoms with E-state index in [1.165, 1.54) is 11.8 Å². The van der Waals surface area contributed by atoms with Crippen LogP contribution in [0.3, 0.4) is 0 Å². The van der Waals surface area contributed by atoms with Gasteiger partial charge in [-0.15, -0.1) is 5.10 Å². The number of aromatic nitrogens is 3. The lowest BCUT2D eigenvalue weighted by Crippen LogP contribution is -2.50. The van der Waals surface area contributed by atoms with Crippen LogP contribution in [0.4, 0.5) is 0 Å². The number of nitrogens with one attached hydrogen (secondary N) is 2. The predicted octanol–water partition coefficient (Wildman–Crippen LogP) is 1.31. The Labute approximate surface area is 128 Å². The van der Waals surface area contributed by atoms with Gasteiger partial charge in [0, 0.05) is 12.3 Å². The maximum Gasteiger partial charge on any atom is 0.343 e. The molecule has 3 N–H and O–H groups in total. The minimum atomic E-state index is -0.949. The van der Waals surface area contributed by atoms with Crippen LogP contribution in [0.2, 0.25) is 0 Å². The highest BCUT2D eigenvalue weighted by atomic mass is 32.2. The number of carboxylic acids is 1. The van der Waals surface area contributed by atoms with Crippen molar-refractivity contribution in [2.45, 2.75) is 57.3 Å². The summed E-state index contributed by atoms with van der Waals surface area (Å²) < 4.78 is 1.59. The number of aliphatic carboxylic acids is 1. The molecule has 0 saturated heterocycles. The van der Waals surface area contributed by atoms with Crippen LogP contribution >= 0.6 is 11.8 Å². The highest BCUT2D eigenvalue weighted by Crippen LogP contribution is 2.20. The van der Waals surface area contributed by atoms with E-state index in [1.807, 2.05) is 13.8 Å². The van der Waals surface area contributed by atoms with Crippen LogP contribution in [-0.2, 0) is 11.3 Å². The largest absolute Gasteiger partial charge is 0.480 e. The molecule has 1 unspecified atom stereocenters. The van der Waals surface area contributed by atoms with Gasteiger partial charge in [0.25, 0.3) is 0 Å². The van der Waals surface area contributed by atoms with Crippen LogP contribution in [0.25, 0.3) is 0 Å². The summed E-state index contributed by atoms with van der Waals surface area (Å²) in [4.78, 5) is 23.0. The van der Waals surface area contributed by atoms with E-state index in [1.54, 1.807) is 11.5 Å². The molecule has 1 heterocycles. The molecular formula is C13H24N4O3S. The smallest absolute Gasteiger partial charge is 0.343 e. The Kier molecular flexibility index (Phi) is 6.97. The molecule has 1 atom stereocenters. The highest BCUT2D eigenvalue weighted by Gasteiger charge is 2.31. The van der Waals surface area contributed by atoms with E-state index in [0.29, 0.717) is 30.4 Å². The summed E-state index contributed by atoms with van der Waals surface area (Å²) in [5, 5.41) is 19.4. The molecule has 0 fully saturated rings. The first-order valence-electron chi connectivity index (χ1n) is 7.21. The average molecular weight is 316 g/mol. The number of hydrogen-bond donors (Lipinski definition) is 3. The van der Waals surface area contributed by atoms with Crippen LogP contribution < -0.4 is 11.0 Å². The molecule has 0 amide bonds. The number of aromatic amines is 1. The van der Waals surface area contributed by atoms with Gasteiger partial charge in [-0.3, -0.25) is 9.36 Å². The van der Waals surface area contributed by atoms with Crippen molar-refractivity contribution in [1.82, 2.24) is 20.1 Å². The van der Waals surface area contributed by atoms with Crippen LogP contribution in [0.15, 0.2) is 9.95 Å². The van der Waals surface area contributed by atoms with Crippen molar-refractivity contribution in [3.8, 4) is 0 Å². The van der Waals surface area contributed by atoms with Gasteiger partial charge in [-0.25, -0.2) is 9.89 Å². The summed E-state index contributed by atoms with van der Waals surface area (Å²) in [6, 6.07) is 0. The topological polar surface area (TPSA) is 100 Å². The van der Waals surface area contributed by atoms with Crippen molar-refractivity contribution in [2.24, 2.45) is 0 Å². The fraction of sp³-hybridized carbons (Fsp3) is 0.769. The van der Waals surface area contributed by atoms with Gasteiger partial charge in [-0.1, -0.05) is 25.6 Å². The molecule has 0 aliphatic heterocycles. The van der Waals surface area contributed by atoms with E-state index in [-0.39, 0.29) is 5.69 Å². The molecule has 21 heavy (non-hydrogen) atoms. The number of rotatable bonds is 10. The zero-order valence-electron chi connectivity index (χ0n) is 12.8. The Morgan fingerprint density at radius 3 is 2.76 bits per heavy atom. The summed E-state index contributed by atoms with van der Waals surface area (Å²) >= 11 is 1.40. The summed E-state index contributed by atoms with van der Waals surface area (Å²) in [6.45, 7) is 6.95. The summed E-state index contributed by atoms with van der Waals surface area (Å²) in [5.74, 6) is -0.280. The second kappa shape index (κ2) is 8.23. The number of H-pyrrole nitrogens is 1. The van der Waals surface area contributed by atoms with E-state index in [2.05, 4.69) is 15.5 Å². The summed E-state index contributed by atoms with van der Waals surface area (Å²) in [6.07, 6.45) is 2.18. The van der Waals surface area contributed by atoms with Gasteiger partial charge in [0.05, 0.1) is 0 Å². The Bertz CT molecular complexity index is 514. The maximum absolute atomic E-state index is 11.6. The van der Waals surface area contributed by atoms with Gasteiger partial charge in [-0.2, -0.15) is 0 Å². The normalized spacial score (nSPS) is 14.0.